The summed E-state index contributed by atoms with van der Waals surface area (Å²) in [5.41, 5.74) is 0.852. The van der Waals surface area contributed by atoms with Gasteiger partial charge in [0.05, 0.1) is 11.6 Å². The van der Waals surface area contributed by atoms with E-state index in [0.29, 0.717) is 12.0 Å². The van der Waals surface area contributed by atoms with Crippen molar-refractivity contribution in [3.63, 3.8) is 0 Å². The van der Waals surface area contributed by atoms with Gasteiger partial charge in [-0.1, -0.05) is 38.3 Å². The highest BCUT2D eigenvalue weighted by atomic mass is 19.1. The number of carbonyl (C=O) groups excluding carboxylic acids is 2. The predicted octanol–water partition coefficient (Wildman–Crippen LogP) is 3.66. The highest BCUT2D eigenvalue weighted by Crippen LogP contribution is 2.23. The number of nitrogens with zero attached hydrogens (tertiary/aromatic N) is 2. The standard InChI is InChI=1S/C24H30FN3O3/c1-3-21(17-9-12-19(25)13-10-17)27(2)23(30)16-28-15-18(11-14-22(28)29)24(31)26-20-7-5-4-6-8-20/h9-15,20-21H,3-8,16H2,1-2H3,(H,26,31)/t21-/m1/s1. The molecule has 0 bridgehead atoms. The van der Waals surface area contributed by atoms with Crippen LogP contribution in [0.1, 0.15) is 67.4 Å². The number of rotatable bonds is 7. The number of hydrogen-bond acceptors (Lipinski definition) is 3. The highest BCUT2D eigenvalue weighted by molar-refractivity contribution is 5.94. The first-order valence-corrected chi connectivity index (χ1v) is 10.9. The van der Waals surface area contributed by atoms with Crippen LogP contribution in [-0.2, 0) is 11.3 Å². The molecular weight excluding hydrogens is 397 g/mol. The molecule has 0 radical (unpaired) electrons. The van der Waals surface area contributed by atoms with Crippen molar-refractivity contribution in [1.29, 1.82) is 0 Å². The number of benzene rings is 1. The van der Waals surface area contributed by atoms with Crippen LogP contribution in [0.25, 0.3) is 0 Å². The molecule has 2 amide bonds. The molecule has 1 fully saturated rings. The average Bonchev–Trinajstić information content (AvgIpc) is 2.77. The van der Waals surface area contributed by atoms with Gasteiger partial charge in [-0.05, 0) is 43.0 Å². The van der Waals surface area contributed by atoms with Gasteiger partial charge in [0.1, 0.15) is 12.4 Å². The fourth-order valence-corrected chi connectivity index (χ4v) is 4.15. The van der Waals surface area contributed by atoms with Gasteiger partial charge < -0.3 is 14.8 Å². The maximum Gasteiger partial charge on any atom is 0.252 e. The van der Waals surface area contributed by atoms with Crippen molar-refractivity contribution in [2.75, 3.05) is 7.05 Å². The van der Waals surface area contributed by atoms with Crippen LogP contribution < -0.4 is 10.9 Å². The van der Waals surface area contributed by atoms with E-state index in [1.54, 1.807) is 24.1 Å². The smallest absolute Gasteiger partial charge is 0.252 e. The molecule has 1 aliphatic carbocycles. The first-order valence-electron chi connectivity index (χ1n) is 10.9. The van der Waals surface area contributed by atoms with Crippen molar-refractivity contribution in [2.24, 2.45) is 0 Å². The molecule has 166 valence electrons. The van der Waals surface area contributed by atoms with Crippen molar-refractivity contribution in [3.8, 4) is 0 Å². The number of hydrogen-bond donors (Lipinski definition) is 1. The maximum atomic E-state index is 13.2. The number of aromatic nitrogens is 1. The molecule has 0 unspecified atom stereocenters. The lowest BCUT2D eigenvalue weighted by Gasteiger charge is -2.28. The molecule has 1 N–H and O–H groups in total. The Morgan fingerprint density at radius 3 is 2.45 bits per heavy atom. The molecule has 1 aromatic heterocycles. The average molecular weight is 428 g/mol. The molecule has 1 atom stereocenters. The summed E-state index contributed by atoms with van der Waals surface area (Å²) in [5, 5.41) is 3.03. The molecule has 1 aromatic carbocycles. The largest absolute Gasteiger partial charge is 0.349 e. The number of likely N-dealkylation sites (N-methyl/N-ethyl adjacent to an activating group) is 1. The Morgan fingerprint density at radius 2 is 1.81 bits per heavy atom. The van der Waals surface area contributed by atoms with Gasteiger partial charge in [0.25, 0.3) is 11.5 Å². The Morgan fingerprint density at radius 1 is 1.13 bits per heavy atom. The minimum absolute atomic E-state index is 0.162. The van der Waals surface area contributed by atoms with E-state index in [2.05, 4.69) is 5.32 Å². The zero-order valence-corrected chi connectivity index (χ0v) is 18.1. The van der Waals surface area contributed by atoms with Crippen molar-refractivity contribution < 1.29 is 14.0 Å². The van der Waals surface area contributed by atoms with Gasteiger partial charge >= 0.3 is 0 Å². The molecule has 0 saturated heterocycles. The van der Waals surface area contributed by atoms with E-state index in [9.17, 15) is 18.8 Å². The summed E-state index contributed by atoms with van der Waals surface area (Å²) in [4.78, 5) is 39.4. The molecule has 1 saturated carbocycles. The Balaban J connectivity index is 1.71. The third kappa shape index (κ3) is 5.81. The van der Waals surface area contributed by atoms with Gasteiger partial charge in [-0.2, -0.15) is 0 Å². The second kappa shape index (κ2) is 10.4. The van der Waals surface area contributed by atoms with Crippen LogP contribution in [0, 0.1) is 5.82 Å². The first-order chi connectivity index (χ1) is 14.9. The maximum absolute atomic E-state index is 13.2. The number of carbonyl (C=O) groups is 2. The summed E-state index contributed by atoms with van der Waals surface area (Å²) in [7, 11) is 1.67. The monoisotopic (exact) mass is 427 g/mol. The molecular formula is C24H30FN3O3. The van der Waals surface area contributed by atoms with Crippen LogP contribution in [0.2, 0.25) is 0 Å². The summed E-state index contributed by atoms with van der Waals surface area (Å²) in [6.45, 7) is 1.78. The summed E-state index contributed by atoms with van der Waals surface area (Å²) in [6, 6.07) is 8.81. The normalized spacial score (nSPS) is 15.3. The van der Waals surface area contributed by atoms with Crippen LogP contribution in [0.4, 0.5) is 4.39 Å². The van der Waals surface area contributed by atoms with Crippen LogP contribution in [-0.4, -0.2) is 34.4 Å². The molecule has 0 aliphatic heterocycles. The number of nitrogens with one attached hydrogen (secondary N) is 1. The van der Waals surface area contributed by atoms with E-state index >= 15 is 0 Å². The third-order valence-corrected chi connectivity index (χ3v) is 5.99. The van der Waals surface area contributed by atoms with Gasteiger partial charge in [0, 0.05) is 25.4 Å². The van der Waals surface area contributed by atoms with Gasteiger partial charge in [0.2, 0.25) is 5.91 Å². The predicted molar refractivity (Wildman–Crippen MR) is 117 cm³/mol. The Labute approximate surface area is 182 Å². The number of amides is 2. The summed E-state index contributed by atoms with van der Waals surface area (Å²) >= 11 is 0. The first kappa shape index (κ1) is 22.7. The Hall–Kier alpha value is -2.96. The summed E-state index contributed by atoms with van der Waals surface area (Å²) in [6.07, 6.45) is 7.45. The van der Waals surface area contributed by atoms with Crippen LogP contribution in [0.3, 0.4) is 0 Å². The number of pyridine rings is 1. The summed E-state index contributed by atoms with van der Waals surface area (Å²) < 4.78 is 14.5. The van der Waals surface area contributed by atoms with Crippen LogP contribution in [0.15, 0.2) is 47.4 Å². The van der Waals surface area contributed by atoms with E-state index in [4.69, 9.17) is 0 Å². The van der Waals surface area contributed by atoms with Crippen molar-refractivity contribution in [1.82, 2.24) is 14.8 Å². The van der Waals surface area contributed by atoms with Gasteiger partial charge in [0.15, 0.2) is 0 Å². The zero-order valence-electron chi connectivity index (χ0n) is 18.1. The molecule has 0 spiro atoms. The Bertz CT molecular complexity index is 965. The lowest BCUT2D eigenvalue weighted by Crippen LogP contribution is -2.38. The Kier molecular flexibility index (Phi) is 7.60. The van der Waals surface area contributed by atoms with E-state index < -0.39 is 0 Å². The van der Waals surface area contributed by atoms with Crippen LogP contribution in [0.5, 0.6) is 0 Å². The minimum atomic E-state index is -0.342. The van der Waals surface area contributed by atoms with Crippen molar-refractivity contribution in [3.05, 3.63) is 69.9 Å². The van der Waals surface area contributed by atoms with E-state index in [0.717, 1.165) is 31.2 Å². The van der Waals surface area contributed by atoms with Gasteiger partial charge in [-0.3, -0.25) is 14.4 Å². The van der Waals surface area contributed by atoms with E-state index in [-0.39, 0.29) is 41.8 Å². The topological polar surface area (TPSA) is 71.4 Å². The molecule has 3 rings (SSSR count). The van der Waals surface area contributed by atoms with Gasteiger partial charge in [-0.15, -0.1) is 0 Å². The van der Waals surface area contributed by atoms with E-state index in [1.807, 2.05) is 6.92 Å². The molecule has 1 aliphatic rings. The lowest BCUT2D eigenvalue weighted by molar-refractivity contribution is -0.132. The van der Waals surface area contributed by atoms with E-state index in [1.165, 1.54) is 41.5 Å². The molecule has 6 nitrogen and oxygen atoms in total. The molecule has 31 heavy (non-hydrogen) atoms. The van der Waals surface area contributed by atoms with Crippen LogP contribution >= 0.6 is 0 Å². The minimum Gasteiger partial charge on any atom is -0.349 e. The SMILES string of the molecule is CC[C@H](c1ccc(F)cc1)N(C)C(=O)Cn1cc(C(=O)NC2CCCCC2)ccc1=O. The molecule has 1 heterocycles. The quantitative estimate of drug-likeness (QED) is 0.733. The second-order valence-corrected chi connectivity index (χ2v) is 8.17. The lowest BCUT2D eigenvalue weighted by atomic mass is 9.95. The number of halogens is 1. The third-order valence-electron chi connectivity index (χ3n) is 5.99. The summed E-state index contributed by atoms with van der Waals surface area (Å²) in [5.74, 6) is -0.815. The fourth-order valence-electron chi connectivity index (χ4n) is 4.15. The second-order valence-electron chi connectivity index (χ2n) is 8.17. The fraction of sp³-hybridized carbons (Fsp3) is 0.458. The molecule has 2 aromatic rings. The molecule has 7 heteroatoms. The highest BCUT2D eigenvalue weighted by Gasteiger charge is 2.22. The zero-order chi connectivity index (χ0) is 22.4. The van der Waals surface area contributed by atoms with Gasteiger partial charge in [-0.25, -0.2) is 4.39 Å². The van der Waals surface area contributed by atoms with Crippen molar-refractivity contribution >= 4 is 11.8 Å². The van der Waals surface area contributed by atoms with Crippen molar-refractivity contribution in [2.45, 2.75) is 64.1 Å².